The van der Waals surface area contributed by atoms with Crippen molar-refractivity contribution in [3.05, 3.63) is 75.3 Å². The van der Waals surface area contributed by atoms with Crippen LogP contribution >= 0.6 is 11.6 Å². The number of rotatable bonds is 4. The standard InChI is InChI=1S/C3H4ClN3O.C3H4N6O.C3H6N4O.CH2O2.CH4.N3.Na/c4-1-2-5-3(8)7-6-2;4-9-5-1-2-6-3(10)8-7-2;4-1-2-5-3(8)7-6-2;2-1-3;;1-3-2;/h1H2,(H2,5,6,7,8);1H2,(H2,6,7,8,10);1,4H2,(H2,5,6,7,8);1H,(H,2,3);1H4;;/q;;;;;-1;+1. The molecule has 0 amide bonds. The fourth-order valence-corrected chi connectivity index (χ4v) is 1.38. The van der Waals surface area contributed by atoms with Crippen molar-refractivity contribution < 1.29 is 39.5 Å². The molecule has 0 radical (unpaired) electrons. The first-order valence-electron chi connectivity index (χ1n) is 7.55. The van der Waals surface area contributed by atoms with Gasteiger partial charge in [0.1, 0.15) is 17.5 Å². The summed E-state index contributed by atoms with van der Waals surface area (Å²) in [6.07, 6.45) is 0. The van der Waals surface area contributed by atoms with Gasteiger partial charge in [0.15, 0.2) is 0 Å². The van der Waals surface area contributed by atoms with Gasteiger partial charge in [0, 0.05) is 4.91 Å². The Kier molecular flexibility index (Phi) is 28.0. The minimum absolute atomic E-state index is 0. The van der Waals surface area contributed by atoms with Crippen molar-refractivity contribution in [1.29, 1.82) is 0 Å². The van der Waals surface area contributed by atoms with Gasteiger partial charge in [-0.2, -0.15) is 15.3 Å². The van der Waals surface area contributed by atoms with E-state index < -0.39 is 5.69 Å². The summed E-state index contributed by atoms with van der Waals surface area (Å²) in [4.78, 5) is 50.2. The maximum atomic E-state index is 10.3. The summed E-state index contributed by atoms with van der Waals surface area (Å²) in [5.41, 5.74) is 25.4. The molecule has 0 saturated carbocycles. The fourth-order valence-electron chi connectivity index (χ4n) is 1.25. The quantitative estimate of drug-likeness (QED) is 0.0426. The number of alkyl halides is 1. The van der Waals surface area contributed by atoms with E-state index in [4.69, 9.17) is 43.8 Å². The molecule has 0 atom stereocenters. The van der Waals surface area contributed by atoms with E-state index in [2.05, 4.69) is 55.6 Å². The van der Waals surface area contributed by atoms with Gasteiger partial charge in [-0.15, -0.1) is 11.6 Å². The van der Waals surface area contributed by atoms with Gasteiger partial charge in [0.05, 0.1) is 19.0 Å². The van der Waals surface area contributed by atoms with Gasteiger partial charge < -0.3 is 21.9 Å². The zero-order valence-electron chi connectivity index (χ0n) is 16.8. The second kappa shape index (κ2) is 25.4. The molecular weight excluding hydrogens is 495 g/mol. The number of nitrogens with zero attached hydrogens (tertiary/aromatic N) is 9. The number of azide groups is 1. The van der Waals surface area contributed by atoms with Crippen LogP contribution in [-0.2, 0) is 23.8 Å². The number of hydrogen-bond donors (Lipinski definition) is 8. The molecular formula is C11H20ClN16NaO5. The number of nitrogens with one attached hydrogen (secondary N) is 6. The Morgan fingerprint density at radius 2 is 1.29 bits per heavy atom. The van der Waals surface area contributed by atoms with E-state index in [9.17, 15) is 14.4 Å². The van der Waals surface area contributed by atoms with Crippen LogP contribution in [0.2, 0.25) is 0 Å². The number of hydrogen-bond acceptors (Lipinski definition) is 9. The van der Waals surface area contributed by atoms with E-state index in [0.29, 0.717) is 17.5 Å². The van der Waals surface area contributed by atoms with E-state index in [1.807, 2.05) is 0 Å². The van der Waals surface area contributed by atoms with Crippen LogP contribution in [0.1, 0.15) is 24.9 Å². The first-order chi connectivity index (χ1) is 15.3. The summed E-state index contributed by atoms with van der Waals surface area (Å²) in [5, 5.41) is 27.1. The van der Waals surface area contributed by atoms with Crippen LogP contribution in [0.4, 0.5) is 0 Å². The summed E-state index contributed by atoms with van der Waals surface area (Å²) >= 11 is 5.29. The molecule has 0 aliphatic heterocycles. The number of aromatic amines is 6. The Morgan fingerprint density at radius 1 is 0.941 bits per heavy atom. The zero-order valence-corrected chi connectivity index (χ0v) is 19.5. The Labute approximate surface area is 215 Å². The third kappa shape index (κ3) is 21.4. The average Bonchev–Trinajstić information content (AvgIpc) is 3.50. The van der Waals surface area contributed by atoms with Gasteiger partial charge in [-0.1, -0.05) is 12.5 Å². The van der Waals surface area contributed by atoms with Crippen molar-refractivity contribution in [2.45, 2.75) is 26.4 Å². The van der Waals surface area contributed by atoms with E-state index in [-0.39, 0.29) is 73.8 Å². The van der Waals surface area contributed by atoms with Crippen molar-refractivity contribution in [3.63, 3.8) is 0 Å². The van der Waals surface area contributed by atoms with E-state index in [0.717, 1.165) is 0 Å². The van der Waals surface area contributed by atoms with Crippen molar-refractivity contribution in [2.24, 2.45) is 10.8 Å². The van der Waals surface area contributed by atoms with Crippen LogP contribution in [-0.4, -0.2) is 57.1 Å². The Balaban J connectivity index is -0.000000174. The molecule has 0 aliphatic rings. The number of H-pyrrole nitrogens is 6. The van der Waals surface area contributed by atoms with Gasteiger partial charge in [0.2, 0.25) is 0 Å². The molecule has 21 nitrogen and oxygen atoms in total. The molecule has 3 aromatic rings. The molecule has 34 heavy (non-hydrogen) atoms. The molecule has 0 saturated heterocycles. The molecule has 0 fully saturated rings. The van der Waals surface area contributed by atoms with Crippen molar-refractivity contribution >= 4 is 18.1 Å². The number of carbonyl (C=O) groups is 1. The second-order valence-electron chi connectivity index (χ2n) is 4.29. The number of carboxylic acid groups (broad SMARTS) is 1. The van der Waals surface area contributed by atoms with E-state index >= 15 is 0 Å². The topological polar surface area (TPSA) is 355 Å². The molecule has 0 bridgehead atoms. The molecule has 3 aromatic heterocycles. The van der Waals surface area contributed by atoms with E-state index in [1.54, 1.807) is 0 Å². The van der Waals surface area contributed by atoms with Crippen LogP contribution in [0.15, 0.2) is 19.5 Å². The molecule has 0 spiro atoms. The van der Waals surface area contributed by atoms with Crippen molar-refractivity contribution in [2.75, 3.05) is 0 Å². The van der Waals surface area contributed by atoms with Crippen LogP contribution in [0.5, 0.6) is 0 Å². The maximum Gasteiger partial charge on any atom is 1.00 e. The normalized spacial score (nSPS) is 7.71. The maximum absolute atomic E-state index is 10.3. The molecule has 182 valence electrons. The minimum Gasteiger partial charge on any atom is -0.483 e. The Hall–Kier alpha value is -3.84. The fraction of sp³-hybridized carbons (Fsp3) is 0.364. The second-order valence-corrected chi connectivity index (χ2v) is 4.56. The van der Waals surface area contributed by atoms with Gasteiger partial charge in [-0.3, -0.25) is 24.7 Å². The largest absolute Gasteiger partial charge is 1.00 e. The van der Waals surface area contributed by atoms with Crippen LogP contribution in [0.3, 0.4) is 0 Å². The summed E-state index contributed by atoms with van der Waals surface area (Å²) in [6.45, 7) is 0.0774. The zero-order chi connectivity index (χ0) is 24.8. The number of nitrogens with two attached hydrogens (primary N) is 1. The van der Waals surface area contributed by atoms with Crippen molar-refractivity contribution in [3.8, 4) is 0 Å². The third-order valence-corrected chi connectivity index (χ3v) is 2.51. The Morgan fingerprint density at radius 3 is 1.50 bits per heavy atom. The summed E-state index contributed by atoms with van der Waals surface area (Å²) in [7, 11) is 0. The average molecular weight is 515 g/mol. The molecule has 3 heterocycles. The van der Waals surface area contributed by atoms with Gasteiger partial charge in [-0.25, -0.2) is 29.7 Å². The van der Waals surface area contributed by atoms with Crippen LogP contribution < -0.4 is 52.4 Å². The first kappa shape index (κ1) is 37.5. The summed E-state index contributed by atoms with van der Waals surface area (Å²) in [5.74, 6) is 1.52. The SMILES string of the molecule is C.NCc1n[nH]c(=O)[nH]1.O=CO.O=c1[nH]nc(CCl)[nH]1.[N-]=[N+]=NCc1n[nH]c(=O)[nH]1.[N-]=[N+]=[N-].[Na+]. The van der Waals surface area contributed by atoms with Crippen molar-refractivity contribution in [1.82, 2.24) is 45.5 Å². The predicted molar refractivity (Wildman–Crippen MR) is 113 cm³/mol. The molecule has 3 rings (SSSR count). The summed E-state index contributed by atoms with van der Waals surface area (Å²) < 4.78 is 0. The van der Waals surface area contributed by atoms with Gasteiger partial charge in [-0.05, 0) is 5.53 Å². The molecule has 0 aliphatic carbocycles. The monoisotopic (exact) mass is 514 g/mol. The Bertz CT molecular complexity index is 1080. The van der Waals surface area contributed by atoms with Crippen LogP contribution in [0, 0.1) is 0 Å². The smallest absolute Gasteiger partial charge is 0.483 e. The predicted octanol–water partition coefficient (Wildman–Crippen LogP) is -3.49. The molecule has 23 heteroatoms. The molecule has 9 N–H and O–H groups in total. The minimum atomic E-state index is -0.400. The number of aromatic nitrogens is 9. The van der Waals surface area contributed by atoms with Crippen LogP contribution in [0.25, 0.3) is 26.4 Å². The van der Waals surface area contributed by atoms with Gasteiger partial charge >= 0.3 is 46.6 Å². The van der Waals surface area contributed by atoms with E-state index in [1.165, 1.54) is 4.91 Å². The van der Waals surface area contributed by atoms with Gasteiger partial charge in [0.25, 0.3) is 6.47 Å². The third-order valence-electron chi connectivity index (χ3n) is 2.25. The first-order valence-corrected chi connectivity index (χ1v) is 8.08. The number of halogens is 1. The molecule has 0 aromatic carbocycles. The summed E-state index contributed by atoms with van der Waals surface area (Å²) in [6, 6.07) is 0. The molecule has 0 unspecified atom stereocenters.